The fourth-order valence-corrected chi connectivity index (χ4v) is 4.41. The van der Waals surface area contributed by atoms with Gasteiger partial charge in [0.1, 0.15) is 5.82 Å². The summed E-state index contributed by atoms with van der Waals surface area (Å²) in [6.45, 7) is 7.14. The van der Waals surface area contributed by atoms with Crippen molar-refractivity contribution in [3.05, 3.63) is 23.9 Å². The van der Waals surface area contributed by atoms with Gasteiger partial charge in [-0.05, 0) is 49.3 Å². The molecule has 1 saturated carbocycles. The first kappa shape index (κ1) is 25.1. The van der Waals surface area contributed by atoms with E-state index in [2.05, 4.69) is 44.6 Å². The quantitative estimate of drug-likeness (QED) is 0.305. The minimum absolute atomic E-state index is 0. The van der Waals surface area contributed by atoms with Gasteiger partial charge in [0.25, 0.3) is 0 Å². The van der Waals surface area contributed by atoms with Crippen LogP contribution in [0.1, 0.15) is 44.6 Å². The molecular formula is C22H38IN5O2. The second kappa shape index (κ2) is 12.7. The monoisotopic (exact) mass is 531 g/mol. The van der Waals surface area contributed by atoms with Crippen molar-refractivity contribution < 1.29 is 9.47 Å². The fourth-order valence-electron chi connectivity index (χ4n) is 4.41. The first-order valence-corrected chi connectivity index (χ1v) is 10.9. The smallest absolute Gasteiger partial charge is 0.191 e. The first-order chi connectivity index (χ1) is 14.1. The van der Waals surface area contributed by atoms with E-state index in [4.69, 9.17) is 9.47 Å². The van der Waals surface area contributed by atoms with Crippen LogP contribution in [0, 0.1) is 5.41 Å². The molecule has 0 bridgehead atoms. The number of guanidine groups is 1. The van der Waals surface area contributed by atoms with Crippen LogP contribution in [0.2, 0.25) is 0 Å². The number of nitrogens with zero attached hydrogens (tertiary/aromatic N) is 3. The lowest BCUT2D eigenvalue weighted by Crippen LogP contribution is -2.43. The maximum absolute atomic E-state index is 5.64. The summed E-state index contributed by atoms with van der Waals surface area (Å²) < 4.78 is 11.0. The number of halogens is 1. The fraction of sp³-hybridized carbons (Fsp3) is 0.727. The van der Waals surface area contributed by atoms with Gasteiger partial charge in [0.2, 0.25) is 0 Å². The van der Waals surface area contributed by atoms with E-state index >= 15 is 0 Å². The molecule has 1 aliphatic carbocycles. The van der Waals surface area contributed by atoms with Crippen LogP contribution in [0.3, 0.4) is 0 Å². The second-order valence-corrected chi connectivity index (χ2v) is 8.38. The normalized spacial score (nSPS) is 21.2. The molecule has 2 N–H and O–H groups in total. The topological polar surface area (TPSA) is 71.0 Å². The minimum Gasteiger partial charge on any atom is -0.385 e. The Kier molecular flexibility index (Phi) is 10.6. The summed E-state index contributed by atoms with van der Waals surface area (Å²) in [7, 11) is 3.62. The zero-order chi connectivity index (χ0) is 20.5. The summed E-state index contributed by atoms with van der Waals surface area (Å²) >= 11 is 0. The third-order valence-corrected chi connectivity index (χ3v) is 6.19. The molecule has 8 heteroatoms. The number of ether oxygens (including phenoxy) is 2. The molecule has 3 rings (SSSR count). The molecule has 30 heavy (non-hydrogen) atoms. The van der Waals surface area contributed by atoms with Crippen LogP contribution >= 0.6 is 24.0 Å². The maximum atomic E-state index is 5.64. The van der Waals surface area contributed by atoms with Crippen LogP contribution in [-0.4, -0.2) is 64.1 Å². The number of rotatable bonds is 8. The van der Waals surface area contributed by atoms with Crippen molar-refractivity contribution in [1.82, 2.24) is 15.6 Å². The lowest BCUT2D eigenvalue weighted by Gasteiger charge is -2.32. The SMILES string of the molecule is CN=C(NCc1ccnc(N2CCOC(C)C2)c1)NCC1(CCOC)CCCC1.I. The van der Waals surface area contributed by atoms with Crippen LogP contribution < -0.4 is 15.5 Å². The Labute approximate surface area is 198 Å². The Hall–Kier alpha value is -1.13. The van der Waals surface area contributed by atoms with Crippen LogP contribution in [0.5, 0.6) is 0 Å². The standard InChI is InChI=1S/C22H37N5O2.HI/c1-18-16-27(11-13-29-18)20-14-19(6-10-24-20)15-25-21(23-2)26-17-22(9-12-28-3)7-4-5-8-22;/h6,10,14,18H,4-5,7-9,11-13,15-17H2,1-3H3,(H2,23,25,26);1H. The van der Waals surface area contributed by atoms with Gasteiger partial charge in [0, 0.05) is 53.1 Å². The Bertz CT molecular complexity index is 667. The third-order valence-electron chi connectivity index (χ3n) is 6.19. The van der Waals surface area contributed by atoms with Gasteiger partial charge in [-0.25, -0.2) is 4.98 Å². The van der Waals surface area contributed by atoms with Gasteiger partial charge in [0.15, 0.2) is 5.96 Å². The van der Waals surface area contributed by atoms with Gasteiger partial charge in [-0.15, -0.1) is 24.0 Å². The molecule has 0 spiro atoms. The van der Waals surface area contributed by atoms with Crippen molar-refractivity contribution >= 4 is 35.8 Å². The van der Waals surface area contributed by atoms with Crippen LogP contribution in [0.15, 0.2) is 23.3 Å². The highest BCUT2D eigenvalue weighted by atomic mass is 127. The lowest BCUT2D eigenvalue weighted by atomic mass is 9.83. The summed E-state index contributed by atoms with van der Waals surface area (Å²) in [5, 5.41) is 7.01. The predicted molar refractivity (Wildman–Crippen MR) is 133 cm³/mol. The summed E-state index contributed by atoms with van der Waals surface area (Å²) in [5.74, 6) is 1.87. The number of methoxy groups -OCH3 is 1. The largest absolute Gasteiger partial charge is 0.385 e. The van der Waals surface area contributed by atoms with E-state index in [9.17, 15) is 0 Å². The highest BCUT2D eigenvalue weighted by molar-refractivity contribution is 14.0. The Morgan fingerprint density at radius 3 is 2.87 bits per heavy atom. The number of morpholine rings is 1. The Balaban J connectivity index is 0.00000320. The van der Waals surface area contributed by atoms with Crippen molar-refractivity contribution in [3.63, 3.8) is 0 Å². The van der Waals surface area contributed by atoms with Gasteiger partial charge in [-0.1, -0.05) is 12.8 Å². The molecular weight excluding hydrogens is 493 g/mol. The van der Waals surface area contributed by atoms with Crippen molar-refractivity contribution in [2.45, 2.75) is 51.7 Å². The van der Waals surface area contributed by atoms with Crippen molar-refractivity contribution in [2.75, 3.05) is 51.9 Å². The van der Waals surface area contributed by atoms with Gasteiger partial charge in [-0.2, -0.15) is 0 Å². The molecule has 1 aromatic heterocycles. The molecule has 2 aliphatic rings. The highest BCUT2D eigenvalue weighted by Crippen LogP contribution is 2.40. The Morgan fingerprint density at radius 1 is 1.37 bits per heavy atom. The van der Waals surface area contributed by atoms with Crippen molar-refractivity contribution in [3.8, 4) is 0 Å². The number of anilines is 1. The molecule has 0 radical (unpaired) electrons. The summed E-state index contributed by atoms with van der Waals surface area (Å²) in [4.78, 5) is 11.3. The average molecular weight is 531 g/mol. The van der Waals surface area contributed by atoms with Crippen molar-refractivity contribution in [1.29, 1.82) is 0 Å². The van der Waals surface area contributed by atoms with E-state index in [-0.39, 0.29) is 30.1 Å². The number of hydrogen-bond acceptors (Lipinski definition) is 5. The number of aromatic nitrogens is 1. The van der Waals surface area contributed by atoms with Gasteiger partial charge in [0.05, 0.1) is 12.7 Å². The minimum atomic E-state index is 0. The van der Waals surface area contributed by atoms with Crippen LogP contribution in [0.25, 0.3) is 0 Å². The number of hydrogen-bond donors (Lipinski definition) is 2. The van der Waals surface area contributed by atoms with E-state index in [1.54, 1.807) is 7.11 Å². The predicted octanol–water partition coefficient (Wildman–Crippen LogP) is 3.19. The average Bonchev–Trinajstić information content (AvgIpc) is 3.22. The van der Waals surface area contributed by atoms with Crippen LogP contribution in [0.4, 0.5) is 5.82 Å². The molecule has 1 aromatic rings. The molecule has 0 amide bonds. The number of nitrogens with one attached hydrogen (secondary N) is 2. The van der Waals surface area contributed by atoms with E-state index in [1.807, 2.05) is 13.2 Å². The summed E-state index contributed by atoms with van der Waals surface area (Å²) in [6, 6.07) is 4.22. The molecule has 7 nitrogen and oxygen atoms in total. The first-order valence-electron chi connectivity index (χ1n) is 10.9. The van der Waals surface area contributed by atoms with Gasteiger partial charge in [-0.3, -0.25) is 4.99 Å². The summed E-state index contributed by atoms with van der Waals surface area (Å²) in [5.41, 5.74) is 1.54. The zero-order valence-corrected chi connectivity index (χ0v) is 21.0. The molecule has 1 unspecified atom stereocenters. The van der Waals surface area contributed by atoms with E-state index < -0.39 is 0 Å². The van der Waals surface area contributed by atoms with Crippen molar-refractivity contribution in [2.24, 2.45) is 10.4 Å². The third kappa shape index (κ3) is 7.23. The zero-order valence-electron chi connectivity index (χ0n) is 18.7. The molecule has 1 atom stereocenters. The molecule has 2 fully saturated rings. The highest BCUT2D eigenvalue weighted by Gasteiger charge is 2.33. The second-order valence-electron chi connectivity index (χ2n) is 8.38. The summed E-state index contributed by atoms with van der Waals surface area (Å²) in [6.07, 6.45) is 8.42. The molecule has 0 aromatic carbocycles. The molecule has 1 aliphatic heterocycles. The maximum Gasteiger partial charge on any atom is 0.191 e. The molecule has 170 valence electrons. The van der Waals surface area contributed by atoms with E-state index in [0.29, 0.717) is 5.41 Å². The number of pyridine rings is 1. The van der Waals surface area contributed by atoms with Gasteiger partial charge >= 0.3 is 0 Å². The van der Waals surface area contributed by atoms with Crippen LogP contribution in [-0.2, 0) is 16.0 Å². The number of aliphatic imine (C=N–C) groups is 1. The van der Waals surface area contributed by atoms with Gasteiger partial charge < -0.3 is 25.0 Å². The molecule has 2 heterocycles. The molecule has 1 saturated heterocycles. The lowest BCUT2D eigenvalue weighted by molar-refractivity contribution is 0.0529. The Morgan fingerprint density at radius 2 is 2.17 bits per heavy atom. The van der Waals surface area contributed by atoms with E-state index in [0.717, 1.165) is 57.6 Å². The van der Waals surface area contributed by atoms with E-state index in [1.165, 1.54) is 31.2 Å².